The number of halogens is 2. The van der Waals surface area contributed by atoms with Gasteiger partial charge in [-0.1, -0.05) is 29.3 Å². The van der Waals surface area contributed by atoms with Gasteiger partial charge in [0.1, 0.15) is 0 Å². The van der Waals surface area contributed by atoms with Crippen LogP contribution in [-0.2, 0) is 14.6 Å². The van der Waals surface area contributed by atoms with Crippen LogP contribution in [0.3, 0.4) is 0 Å². The first kappa shape index (κ1) is 22.4. The number of nitrogens with one attached hydrogen (secondary N) is 1. The Morgan fingerprint density at radius 1 is 1.30 bits per heavy atom. The number of amides is 1. The fourth-order valence-corrected chi connectivity index (χ4v) is 3.56. The van der Waals surface area contributed by atoms with Gasteiger partial charge in [0, 0.05) is 11.0 Å². The van der Waals surface area contributed by atoms with Crippen molar-refractivity contribution >= 4 is 44.1 Å². The van der Waals surface area contributed by atoms with Gasteiger partial charge in [0.25, 0.3) is 0 Å². The van der Waals surface area contributed by atoms with E-state index in [0.29, 0.717) is 6.42 Å². The third-order valence-corrected chi connectivity index (χ3v) is 6.50. The highest BCUT2D eigenvalue weighted by atomic mass is 79.9. The van der Waals surface area contributed by atoms with Crippen molar-refractivity contribution < 1.29 is 13.2 Å². The molecule has 0 aliphatic carbocycles. The standard InChI is InChI=1S/C15H23BrN2O3S.ClH/c1-4-5-13(17)14(19)18-10-15(2,3)22(20,21)12-8-6-11(16)7-9-12;/h6-9,13H,4-5,10,17H2,1-3H3,(H,18,19);1H. The summed E-state index contributed by atoms with van der Waals surface area (Å²) in [4.78, 5) is 12.1. The lowest BCUT2D eigenvalue weighted by Crippen LogP contribution is -2.48. The number of nitrogens with two attached hydrogens (primary N) is 1. The number of carbonyl (C=O) groups excluding carboxylic acids is 1. The number of hydrogen-bond donors (Lipinski definition) is 2. The number of sulfone groups is 1. The van der Waals surface area contributed by atoms with Crippen molar-refractivity contribution in [1.29, 1.82) is 0 Å². The smallest absolute Gasteiger partial charge is 0.236 e. The van der Waals surface area contributed by atoms with Crippen LogP contribution in [0, 0.1) is 0 Å². The number of hydrogen-bond acceptors (Lipinski definition) is 4. The molecule has 0 aromatic heterocycles. The van der Waals surface area contributed by atoms with Crippen molar-refractivity contribution in [3.05, 3.63) is 28.7 Å². The molecule has 1 atom stereocenters. The van der Waals surface area contributed by atoms with Gasteiger partial charge in [-0.15, -0.1) is 12.4 Å². The summed E-state index contributed by atoms with van der Waals surface area (Å²) in [7, 11) is -3.57. The molecule has 1 aromatic rings. The number of rotatable bonds is 7. The van der Waals surface area contributed by atoms with E-state index >= 15 is 0 Å². The van der Waals surface area contributed by atoms with Crippen LogP contribution in [-0.4, -0.2) is 31.7 Å². The van der Waals surface area contributed by atoms with Gasteiger partial charge in [-0.3, -0.25) is 4.79 Å². The maximum absolute atomic E-state index is 12.7. The molecule has 0 aliphatic rings. The second-order valence-electron chi connectivity index (χ2n) is 5.83. The van der Waals surface area contributed by atoms with E-state index in [9.17, 15) is 13.2 Å². The minimum atomic E-state index is -3.57. The second-order valence-corrected chi connectivity index (χ2v) is 9.33. The zero-order chi connectivity index (χ0) is 17.0. The minimum Gasteiger partial charge on any atom is -0.353 e. The lowest BCUT2D eigenvalue weighted by Gasteiger charge is -2.26. The van der Waals surface area contributed by atoms with Gasteiger partial charge in [-0.25, -0.2) is 8.42 Å². The summed E-state index contributed by atoms with van der Waals surface area (Å²) in [6, 6.07) is 5.85. The Morgan fingerprint density at radius 2 is 1.83 bits per heavy atom. The van der Waals surface area contributed by atoms with Gasteiger partial charge in [-0.05, 0) is 44.5 Å². The fraction of sp³-hybridized carbons (Fsp3) is 0.533. The van der Waals surface area contributed by atoms with E-state index < -0.39 is 20.6 Å². The van der Waals surface area contributed by atoms with Gasteiger partial charge in [-0.2, -0.15) is 0 Å². The van der Waals surface area contributed by atoms with Crippen molar-refractivity contribution in [3.63, 3.8) is 0 Å². The monoisotopic (exact) mass is 426 g/mol. The molecule has 0 spiro atoms. The van der Waals surface area contributed by atoms with Gasteiger partial charge < -0.3 is 11.1 Å². The Hall–Kier alpha value is -0.630. The SMILES string of the molecule is CCCC(N)C(=O)NCC(C)(C)S(=O)(=O)c1ccc(Br)cc1.Cl. The summed E-state index contributed by atoms with van der Waals surface area (Å²) in [5.41, 5.74) is 5.73. The Balaban J connectivity index is 0.00000484. The predicted octanol–water partition coefficient (Wildman–Crippen LogP) is 2.67. The van der Waals surface area contributed by atoms with E-state index in [0.717, 1.165) is 10.9 Å². The first-order valence-electron chi connectivity index (χ1n) is 7.15. The predicted molar refractivity (Wildman–Crippen MR) is 98.5 cm³/mol. The molecule has 0 saturated heterocycles. The largest absolute Gasteiger partial charge is 0.353 e. The van der Waals surface area contributed by atoms with Crippen LogP contribution < -0.4 is 11.1 Å². The molecule has 1 unspecified atom stereocenters. The molecule has 0 heterocycles. The highest BCUT2D eigenvalue weighted by Gasteiger charge is 2.36. The fourth-order valence-electron chi connectivity index (χ4n) is 1.90. The normalized spacial score (nSPS) is 13.1. The average molecular weight is 428 g/mol. The van der Waals surface area contributed by atoms with Gasteiger partial charge in [0.15, 0.2) is 9.84 Å². The van der Waals surface area contributed by atoms with Crippen LogP contribution in [0.4, 0.5) is 0 Å². The van der Waals surface area contributed by atoms with Crippen molar-refractivity contribution in [3.8, 4) is 0 Å². The van der Waals surface area contributed by atoms with Crippen molar-refractivity contribution in [2.45, 2.75) is 49.3 Å². The molecule has 0 fully saturated rings. The summed E-state index contributed by atoms with van der Waals surface area (Å²) in [6.45, 7) is 5.14. The molecular formula is C15H24BrClN2O3S. The summed E-state index contributed by atoms with van der Waals surface area (Å²) in [5, 5.41) is 2.64. The van der Waals surface area contributed by atoms with Gasteiger partial charge >= 0.3 is 0 Å². The zero-order valence-corrected chi connectivity index (χ0v) is 16.7. The van der Waals surface area contributed by atoms with Crippen molar-refractivity contribution in [1.82, 2.24) is 5.32 Å². The molecule has 1 aromatic carbocycles. The Bertz CT molecular complexity index is 618. The summed E-state index contributed by atoms with van der Waals surface area (Å²) >= 11 is 3.28. The van der Waals surface area contributed by atoms with E-state index in [1.165, 1.54) is 0 Å². The second kappa shape index (κ2) is 9.01. The third-order valence-electron chi connectivity index (χ3n) is 3.48. The quantitative estimate of drug-likeness (QED) is 0.700. The van der Waals surface area contributed by atoms with Crippen molar-refractivity contribution in [2.75, 3.05) is 6.54 Å². The van der Waals surface area contributed by atoms with Gasteiger partial charge in [0.05, 0.1) is 15.7 Å². The highest BCUT2D eigenvalue weighted by molar-refractivity contribution is 9.10. The molecule has 1 amide bonds. The topological polar surface area (TPSA) is 89.3 Å². The van der Waals surface area contributed by atoms with Crippen LogP contribution in [0.5, 0.6) is 0 Å². The minimum absolute atomic E-state index is 0. The van der Waals surface area contributed by atoms with E-state index in [1.807, 2.05) is 6.92 Å². The molecule has 5 nitrogen and oxygen atoms in total. The molecule has 23 heavy (non-hydrogen) atoms. The molecule has 0 bridgehead atoms. The van der Waals surface area contributed by atoms with Crippen LogP contribution in [0.1, 0.15) is 33.6 Å². The molecule has 0 radical (unpaired) electrons. The molecule has 3 N–H and O–H groups in total. The van der Waals surface area contributed by atoms with E-state index in [2.05, 4.69) is 21.2 Å². The van der Waals surface area contributed by atoms with Crippen LogP contribution in [0.2, 0.25) is 0 Å². The highest BCUT2D eigenvalue weighted by Crippen LogP contribution is 2.26. The zero-order valence-electron chi connectivity index (χ0n) is 13.5. The number of benzene rings is 1. The summed E-state index contributed by atoms with van der Waals surface area (Å²) < 4.78 is 25.0. The summed E-state index contributed by atoms with van der Waals surface area (Å²) in [5.74, 6) is -0.319. The molecular weight excluding hydrogens is 404 g/mol. The maximum Gasteiger partial charge on any atom is 0.236 e. The lowest BCUT2D eigenvalue weighted by atomic mass is 10.1. The Labute approximate surface area is 152 Å². The Morgan fingerprint density at radius 3 is 2.30 bits per heavy atom. The first-order valence-corrected chi connectivity index (χ1v) is 9.43. The average Bonchev–Trinajstić information content (AvgIpc) is 2.45. The number of carbonyl (C=O) groups is 1. The Kier molecular flexibility index (Phi) is 8.76. The van der Waals surface area contributed by atoms with E-state index in [4.69, 9.17) is 5.73 Å². The molecule has 8 heteroatoms. The molecule has 0 aliphatic heterocycles. The van der Waals surface area contributed by atoms with Crippen LogP contribution in [0.15, 0.2) is 33.6 Å². The lowest BCUT2D eigenvalue weighted by molar-refractivity contribution is -0.122. The molecule has 132 valence electrons. The molecule has 1 rings (SSSR count). The first-order chi connectivity index (χ1) is 10.1. The van der Waals surface area contributed by atoms with E-state index in [-0.39, 0.29) is 29.8 Å². The third kappa shape index (κ3) is 5.74. The van der Waals surface area contributed by atoms with Crippen molar-refractivity contribution in [2.24, 2.45) is 5.73 Å². The van der Waals surface area contributed by atoms with Crippen LogP contribution in [0.25, 0.3) is 0 Å². The molecule has 0 saturated carbocycles. The maximum atomic E-state index is 12.7. The van der Waals surface area contributed by atoms with Crippen LogP contribution >= 0.6 is 28.3 Å². The summed E-state index contributed by atoms with van der Waals surface area (Å²) in [6.07, 6.45) is 1.38. The van der Waals surface area contributed by atoms with Gasteiger partial charge in [0.2, 0.25) is 5.91 Å². The van der Waals surface area contributed by atoms with E-state index in [1.54, 1.807) is 38.1 Å².